The fourth-order valence-corrected chi connectivity index (χ4v) is 7.43. The van der Waals surface area contributed by atoms with Crippen LogP contribution in [0.1, 0.15) is 0 Å². The number of fused-ring (bicyclic) bond motifs is 7. The molecule has 0 saturated heterocycles. The summed E-state index contributed by atoms with van der Waals surface area (Å²) < 4.78 is 10.6. The van der Waals surface area contributed by atoms with Gasteiger partial charge in [-0.05, 0) is 83.4 Å². The fraction of sp³-hybridized carbons (Fsp3) is 0. The van der Waals surface area contributed by atoms with Crippen molar-refractivity contribution in [2.75, 3.05) is 0 Å². The molecule has 3 nitrogen and oxygen atoms in total. The average Bonchev–Trinajstić information content (AvgIpc) is 3.82. The smallest absolute Gasteiger partial charge is 0.134 e. The molecule has 7 aromatic carbocycles. The minimum atomic E-state index is 0.908. The molecule has 3 heteroatoms. The van der Waals surface area contributed by atoms with Crippen LogP contribution in [0.25, 0.3) is 88.2 Å². The molecule has 0 bridgehead atoms. The monoisotopic (exact) mass is 600 g/mol. The van der Waals surface area contributed by atoms with Crippen LogP contribution in [0, 0.1) is 0 Å². The highest BCUT2D eigenvalue weighted by molar-refractivity contribution is 6.12. The number of hydrogen-bond acceptors (Lipinski definition) is 1. The van der Waals surface area contributed by atoms with Crippen molar-refractivity contribution in [1.29, 1.82) is 0 Å². The Morgan fingerprint density at radius 2 is 0.809 bits per heavy atom. The summed E-state index contributed by atoms with van der Waals surface area (Å²) in [5, 5.41) is 6.14. The van der Waals surface area contributed by atoms with Crippen LogP contribution >= 0.6 is 0 Å². The van der Waals surface area contributed by atoms with E-state index < -0.39 is 0 Å². The van der Waals surface area contributed by atoms with Crippen molar-refractivity contribution in [2.24, 2.45) is 0 Å². The van der Waals surface area contributed by atoms with E-state index in [9.17, 15) is 0 Å². The van der Waals surface area contributed by atoms with Crippen LogP contribution in [0.2, 0.25) is 0 Å². The van der Waals surface area contributed by atoms with Gasteiger partial charge >= 0.3 is 0 Å². The third-order valence-corrected chi connectivity index (χ3v) is 9.61. The van der Waals surface area contributed by atoms with Crippen molar-refractivity contribution in [3.05, 3.63) is 170 Å². The third kappa shape index (κ3) is 3.93. The molecule has 0 saturated carbocycles. The first-order valence-corrected chi connectivity index (χ1v) is 16.0. The summed E-state index contributed by atoms with van der Waals surface area (Å²) in [7, 11) is 0. The number of rotatable bonds is 4. The van der Waals surface area contributed by atoms with Gasteiger partial charge in [-0.3, -0.25) is 0 Å². The summed E-state index contributed by atoms with van der Waals surface area (Å²) in [6.07, 6.45) is 1.86. The van der Waals surface area contributed by atoms with Crippen LogP contribution < -0.4 is 0 Å². The van der Waals surface area contributed by atoms with Gasteiger partial charge in [-0.1, -0.05) is 97.1 Å². The van der Waals surface area contributed by atoms with Crippen molar-refractivity contribution in [1.82, 2.24) is 9.13 Å². The van der Waals surface area contributed by atoms with E-state index in [0.717, 1.165) is 27.8 Å². The van der Waals surface area contributed by atoms with Crippen LogP contribution in [0.4, 0.5) is 0 Å². The predicted molar refractivity (Wildman–Crippen MR) is 196 cm³/mol. The zero-order chi connectivity index (χ0) is 30.9. The van der Waals surface area contributed by atoms with Gasteiger partial charge in [0.2, 0.25) is 0 Å². The number of aromatic nitrogens is 2. The quantitative estimate of drug-likeness (QED) is 0.197. The fourth-order valence-electron chi connectivity index (χ4n) is 7.43. The molecule has 3 heterocycles. The SMILES string of the molecule is c1ccc(-n2c3ccccc3c3cc(-c4ccc5c(c4)c4ccccc4n5-c4ccc(-c5coc6ccccc56)cc4)ccc32)cc1. The number of benzene rings is 7. The first kappa shape index (κ1) is 26.0. The average molecular weight is 601 g/mol. The second kappa shape index (κ2) is 10.1. The van der Waals surface area contributed by atoms with E-state index in [4.69, 9.17) is 4.42 Å². The van der Waals surface area contributed by atoms with Gasteiger partial charge in [0.15, 0.2) is 0 Å². The summed E-state index contributed by atoms with van der Waals surface area (Å²) in [5.41, 5.74) is 12.7. The number of hydrogen-bond donors (Lipinski definition) is 0. The number of para-hydroxylation sites is 4. The van der Waals surface area contributed by atoms with Gasteiger partial charge in [0, 0.05) is 43.9 Å². The molecule has 0 amide bonds. The first-order chi connectivity index (χ1) is 23.3. The van der Waals surface area contributed by atoms with Gasteiger partial charge in [0.1, 0.15) is 5.58 Å². The van der Waals surface area contributed by atoms with E-state index in [-0.39, 0.29) is 0 Å². The highest BCUT2D eigenvalue weighted by Gasteiger charge is 2.16. The Bertz CT molecular complexity index is 2780. The highest BCUT2D eigenvalue weighted by atomic mass is 16.3. The maximum Gasteiger partial charge on any atom is 0.134 e. The molecule has 0 aliphatic heterocycles. The zero-order valence-corrected chi connectivity index (χ0v) is 25.5. The lowest BCUT2D eigenvalue weighted by atomic mass is 10.0. The summed E-state index contributed by atoms with van der Waals surface area (Å²) in [6, 6.07) is 58.9. The first-order valence-electron chi connectivity index (χ1n) is 16.0. The van der Waals surface area contributed by atoms with Crippen LogP contribution in [0.3, 0.4) is 0 Å². The van der Waals surface area contributed by atoms with Crippen molar-refractivity contribution in [3.8, 4) is 33.6 Å². The maximum absolute atomic E-state index is 5.83. The minimum absolute atomic E-state index is 0.908. The van der Waals surface area contributed by atoms with E-state index in [1.807, 2.05) is 18.4 Å². The molecule has 3 aromatic heterocycles. The molecule has 10 rings (SSSR count). The summed E-state index contributed by atoms with van der Waals surface area (Å²) in [5.74, 6) is 0. The number of nitrogens with zero attached hydrogens (tertiary/aromatic N) is 2. The van der Waals surface area contributed by atoms with Crippen LogP contribution in [-0.4, -0.2) is 9.13 Å². The molecular formula is C44H28N2O. The molecule has 220 valence electrons. The Kier molecular flexibility index (Phi) is 5.57. The number of furan rings is 1. The Morgan fingerprint density at radius 3 is 1.43 bits per heavy atom. The molecular weight excluding hydrogens is 572 g/mol. The van der Waals surface area contributed by atoms with E-state index in [1.165, 1.54) is 60.4 Å². The van der Waals surface area contributed by atoms with Crippen LogP contribution in [-0.2, 0) is 0 Å². The van der Waals surface area contributed by atoms with Gasteiger partial charge in [-0.25, -0.2) is 0 Å². The lowest BCUT2D eigenvalue weighted by Crippen LogP contribution is -1.93. The maximum atomic E-state index is 5.83. The molecule has 0 unspecified atom stereocenters. The Labute approximate surface area is 271 Å². The standard InChI is InChI=1S/C44H28N2O/c1-2-10-32(11-3-1)45-40-15-7-4-12-34(40)37-26-30(20-24-42(37)45)31-21-25-43-38(27-31)35-13-5-8-16-41(35)46(43)33-22-18-29(19-23-33)39-28-47-44-17-9-6-14-36(39)44/h1-28H. The zero-order valence-electron chi connectivity index (χ0n) is 25.5. The van der Waals surface area contributed by atoms with Gasteiger partial charge in [0.05, 0.1) is 28.3 Å². The second-order valence-corrected chi connectivity index (χ2v) is 12.2. The van der Waals surface area contributed by atoms with E-state index in [0.29, 0.717) is 0 Å². The predicted octanol–water partition coefficient (Wildman–Crippen LogP) is 12.0. The van der Waals surface area contributed by atoms with E-state index in [2.05, 4.69) is 161 Å². The second-order valence-electron chi connectivity index (χ2n) is 12.2. The van der Waals surface area contributed by atoms with Crippen molar-refractivity contribution in [3.63, 3.8) is 0 Å². The lowest BCUT2D eigenvalue weighted by Gasteiger charge is -2.10. The molecule has 10 aromatic rings. The molecule has 47 heavy (non-hydrogen) atoms. The van der Waals surface area contributed by atoms with Crippen LogP contribution in [0.5, 0.6) is 0 Å². The van der Waals surface area contributed by atoms with Crippen LogP contribution in [0.15, 0.2) is 174 Å². The Morgan fingerprint density at radius 1 is 0.340 bits per heavy atom. The third-order valence-electron chi connectivity index (χ3n) is 9.61. The molecule has 0 aliphatic carbocycles. The lowest BCUT2D eigenvalue weighted by molar-refractivity contribution is 0.617. The molecule has 0 radical (unpaired) electrons. The topological polar surface area (TPSA) is 23.0 Å². The summed E-state index contributed by atoms with van der Waals surface area (Å²) >= 11 is 0. The van der Waals surface area contributed by atoms with Crippen molar-refractivity contribution in [2.45, 2.75) is 0 Å². The van der Waals surface area contributed by atoms with Gasteiger partial charge in [-0.15, -0.1) is 0 Å². The molecule has 0 aliphatic rings. The minimum Gasteiger partial charge on any atom is -0.464 e. The van der Waals surface area contributed by atoms with E-state index in [1.54, 1.807) is 0 Å². The normalized spacial score (nSPS) is 11.8. The van der Waals surface area contributed by atoms with Gasteiger partial charge in [-0.2, -0.15) is 0 Å². The van der Waals surface area contributed by atoms with Crippen molar-refractivity contribution >= 4 is 54.6 Å². The van der Waals surface area contributed by atoms with Gasteiger partial charge < -0.3 is 13.6 Å². The van der Waals surface area contributed by atoms with Crippen molar-refractivity contribution < 1.29 is 4.42 Å². The highest BCUT2D eigenvalue weighted by Crippen LogP contribution is 2.39. The Balaban J connectivity index is 1.11. The van der Waals surface area contributed by atoms with E-state index >= 15 is 0 Å². The Hall–Kier alpha value is -6.32. The molecule has 0 spiro atoms. The summed E-state index contributed by atoms with van der Waals surface area (Å²) in [4.78, 5) is 0. The molecule has 0 N–H and O–H groups in total. The summed E-state index contributed by atoms with van der Waals surface area (Å²) in [6.45, 7) is 0. The largest absolute Gasteiger partial charge is 0.464 e. The van der Waals surface area contributed by atoms with Gasteiger partial charge in [0.25, 0.3) is 0 Å². The molecule has 0 atom stereocenters. The molecule has 0 fully saturated rings.